The van der Waals surface area contributed by atoms with E-state index < -0.39 is 10.0 Å². The number of sulfonamides is 1. The smallest absolute Gasteiger partial charge is 0.232 e. The number of carbonyl (C=O) groups excluding carboxylic acids is 1. The molecule has 0 atom stereocenters. The van der Waals surface area contributed by atoms with E-state index in [1.807, 2.05) is 24.3 Å². The minimum Gasteiger partial charge on any atom is -0.289 e. The van der Waals surface area contributed by atoms with Crippen molar-refractivity contribution in [3.05, 3.63) is 70.2 Å². The molecule has 0 fully saturated rings. The summed E-state index contributed by atoms with van der Waals surface area (Å²) in [5.41, 5.74) is 1.87. The van der Waals surface area contributed by atoms with Crippen LogP contribution in [0.2, 0.25) is 0 Å². The number of nitrogens with one attached hydrogen (secondary N) is 1. The van der Waals surface area contributed by atoms with Crippen LogP contribution in [-0.2, 0) is 10.0 Å². The highest BCUT2D eigenvalue weighted by atomic mass is 79.9. The number of benzene rings is 2. The topological polar surface area (TPSA) is 63.2 Å². The fraction of sp³-hybridized carbons (Fsp3) is 0.118. The Morgan fingerprint density at radius 3 is 2.26 bits per heavy atom. The Morgan fingerprint density at radius 2 is 1.70 bits per heavy atom. The third-order valence-electron chi connectivity index (χ3n) is 3.12. The number of halogens is 1. The fourth-order valence-corrected chi connectivity index (χ4v) is 2.70. The summed E-state index contributed by atoms with van der Waals surface area (Å²) < 4.78 is 26.4. The zero-order valence-electron chi connectivity index (χ0n) is 12.5. The van der Waals surface area contributed by atoms with Crippen LogP contribution in [0.15, 0.2) is 59.1 Å². The van der Waals surface area contributed by atoms with E-state index in [0.717, 1.165) is 10.0 Å². The van der Waals surface area contributed by atoms with Crippen LogP contribution in [-0.4, -0.2) is 20.0 Å². The van der Waals surface area contributed by atoms with Crippen LogP contribution < -0.4 is 4.72 Å². The van der Waals surface area contributed by atoms with Gasteiger partial charge in [-0.3, -0.25) is 9.52 Å². The van der Waals surface area contributed by atoms with E-state index in [0.29, 0.717) is 11.3 Å². The van der Waals surface area contributed by atoms with Gasteiger partial charge in [-0.05, 0) is 55.0 Å². The van der Waals surface area contributed by atoms with E-state index in [-0.39, 0.29) is 11.5 Å². The highest BCUT2D eigenvalue weighted by molar-refractivity contribution is 9.10. The molecule has 0 aliphatic heterocycles. The second kappa shape index (κ2) is 7.57. The summed E-state index contributed by atoms with van der Waals surface area (Å²) in [6.45, 7) is 1.56. The van der Waals surface area contributed by atoms with Crippen LogP contribution in [0.1, 0.15) is 22.8 Å². The lowest BCUT2D eigenvalue weighted by atomic mass is 10.1. The molecule has 0 bridgehead atoms. The minimum atomic E-state index is -3.31. The number of allylic oxidation sites excluding steroid dienone is 1. The Bertz CT molecular complexity index is 810. The van der Waals surface area contributed by atoms with Gasteiger partial charge in [0.1, 0.15) is 0 Å². The molecular formula is C17H16BrNO3S. The molecule has 120 valence electrons. The molecule has 0 amide bonds. The van der Waals surface area contributed by atoms with Crippen molar-refractivity contribution in [3.8, 4) is 0 Å². The lowest BCUT2D eigenvalue weighted by molar-refractivity contribution is 0.104. The van der Waals surface area contributed by atoms with E-state index in [1.54, 1.807) is 37.3 Å². The van der Waals surface area contributed by atoms with Gasteiger partial charge in [0, 0.05) is 15.7 Å². The Labute approximate surface area is 144 Å². The van der Waals surface area contributed by atoms with E-state index in [2.05, 4.69) is 20.7 Å². The van der Waals surface area contributed by atoms with Crippen LogP contribution in [0, 0.1) is 0 Å². The van der Waals surface area contributed by atoms with Crippen LogP contribution >= 0.6 is 15.9 Å². The molecule has 0 heterocycles. The summed E-state index contributed by atoms with van der Waals surface area (Å²) in [5.74, 6) is -0.137. The van der Waals surface area contributed by atoms with E-state index in [9.17, 15) is 13.2 Å². The van der Waals surface area contributed by atoms with Crippen molar-refractivity contribution >= 4 is 43.5 Å². The molecule has 0 saturated carbocycles. The first-order valence-electron chi connectivity index (χ1n) is 6.98. The first-order chi connectivity index (χ1) is 10.9. The average molecular weight is 394 g/mol. The van der Waals surface area contributed by atoms with Crippen molar-refractivity contribution in [1.29, 1.82) is 0 Å². The van der Waals surface area contributed by atoms with Crippen LogP contribution in [0.3, 0.4) is 0 Å². The van der Waals surface area contributed by atoms with Crippen molar-refractivity contribution in [3.63, 3.8) is 0 Å². The maximum Gasteiger partial charge on any atom is 0.232 e. The second-order valence-electron chi connectivity index (χ2n) is 4.83. The molecular weight excluding hydrogens is 378 g/mol. The zero-order chi connectivity index (χ0) is 16.9. The van der Waals surface area contributed by atoms with E-state index in [1.165, 1.54) is 6.08 Å². The molecule has 2 rings (SSSR count). The molecule has 2 aromatic carbocycles. The Morgan fingerprint density at radius 1 is 1.09 bits per heavy atom. The lowest BCUT2D eigenvalue weighted by Crippen LogP contribution is -2.14. The van der Waals surface area contributed by atoms with E-state index >= 15 is 0 Å². The van der Waals surface area contributed by atoms with Crippen molar-refractivity contribution in [1.82, 2.24) is 0 Å². The summed E-state index contributed by atoms with van der Waals surface area (Å²) >= 11 is 3.36. The summed E-state index contributed by atoms with van der Waals surface area (Å²) in [4.78, 5) is 12.1. The lowest BCUT2D eigenvalue weighted by Gasteiger charge is -2.06. The molecule has 0 unspecified atom stereocenters. The van der Waals surface area contributed by atoms with Gasteiger partial charge in [0.25, 0.3) is 0 Å². The van der Waals surface area contributed by atoms with Gasteiger partial charge in [-0.2, -0.15) is 0 Å². The monoisotopic (exact) mass is 393 g/mol. The van der Waals surface area contributed by atoms with E-state index in [4.69, 9.17) is 0 Å². The van der Waals surface area contributed by atoms with Crippen molar-refractivity contribution in [2.75, 3.05) is 10.5 Å². The van der Waals surface area contributed by atoms with Gasteiger partial charge >= 0.3 is 0 Å². The summed E-state index contributed by atoms with van der Waals surface area (Å²) in [5, 5.41) is 0. The third-order valence-corrected chi connectivity index (χ3v) is 4.96. The van der Waals surface area contributed by atoms with Gasteiger partial charge in [-0.25, -0.2) is 8.42 Å². The summed E-state index contributed by atoms with van der Waals surface area (Å²) in [7, 11) is -3.31. The average Bonchev–Trinajstić information content (AvgIpc) is 2.54. The largest absolute Gasteiger partial charge is 0.289 e. The molecule has 2 aromatic rings. The number of hydrogen-bond donors (Lipinski definition) is 1. The van der Waals surface area contributed by atoms with Gasteiger partial charge in [-0.1, -0.05) is 34.1 Å². The first-order valence-corrected chi connectivity index (χ1v) is 9.43. The number of ketones is 1. The molecule has 0 aliphatic carbocycles. The number of rotatable bonds is 6. The summed E-state index contributed by atoms with van der Waals surface area (Å²) in [6, 6.07) is 14.0. The van der Waals surface area contributed by atoms with Crippen LogP contribution in [0.25, 0.3) is 6.08 Å². The van der Waals surface area contributed by atoms with Gasteiger partial charge in [-0.15, -0.1) is 0 Å². The highest BCUT2D eigenvalue weighted by Gasteiger charge is 2.07. The van der Waals surface area contributed by atoms with Gasteiger partial charge < -0.3 is 0 Å². The third kappa shape index (κ3) is 5.33. The molecule has 0 aliphatic rings. The fourth-order valence-electron chi connectivity index (χ4n) is 1.80. The standard InChI is InChI=1S/C17H16BrNO3S/c1-2-23(21,22)19-16-10-6-14(7-11-16)17(20)12-5-13-3-8-15(18)9-4-13/h3-12,19H,2H2,1H3. The molecule has 0 radical (unpaired) electrons. The Hall–Kier alpha value is -1.92. The van der Waals surface area contributed by atoms with Gasteiger partial charge in [0.15, 0.2) is 5.78 Å². The SMILES string of the molecule is CCS(=O)(=O)Nc1ccc(C(=O)C=Cc2ccc(Br)cc2)cc1. The number of carbonyl (C=O) groups is 1. The highest BCUT2D eigenvalue weighted by Crippen LogP contribution is 2.14. The quantitative estimate of drug-likeness (QED) is 0.593. The zero-order valence-corrected chi connectivity index (χ0v) is 14.9. The maximum atomic E-state index is 12.1. The van der Waals surface area contributed by atoms with Crippen LogP contribution in [0.4, 0.5) is 5.69 Å². The summed E-state index contributed by atoms with van der Waals surface area (Å²) in [6.07, 6.45) is 3.23. The van der Waals surface area contributed by atoms with Gasteiger partial charge in [0.05, 0.1) is 5.75 Å². The molecule has 1 N–H and O–H groups in total. The maximum absolute atomic E-state index is 12.1. The Balaban J connectivity index is 2.07. The molecule has 4 nitrogen and oxygen atoms in total. The Kier molecular flexibility index (Phi) is 5.74. The number of hydrogen-bond acceptors (Lipinski definition) is 3. The van der Waals surface area contributed by atoms with Crippen molar-refractivity contribution in [2.24, 2.45) is 0 Å². The molecule has 0 saturated heterocycles. The molecule has 0 spiro atoms. The molecule has 0 aromatic heterocycles. The van der Waals surface area contributed by atoms with Crippen molar-refractivity contribution in [2.45, 2.75) is 6.92 Å². The normalized spacial score (nSPS) is 11.6. The van der Waals surface area contributed by atoms with Crippen molar-refractivity contribution < 1.29 is 13.2 Å². The second-order valence-corrected chi connectivity index (χ2v) is 7.76. The molecule has 23 heavy (non-hydrogen) atoms. The van der Waals surface area contributed by atoms with Crippen LogP contribution in [0.5, 0.6) is 0 Å². The van der Waals surface area contributed by atoms with Gasteiger partial charge in [0.2, 0.25) is 10.0 Å². The first kappa shape index (κ1) is 17.4. The minimum absolute atomic E-state index is 0.00358. The predicted molar refractivity (Wildman–Crippen MR) is 97.0 cm³/mol. The molecule has 6 heteroatoms. The predicted octanol–water partition coefficient (Wildman–Crippen LogP) is 4.11. The number of anilines is 1.